The smallest absolute Gasteiger partial charge is 0.336 e. The molecule has 1 unspecified atom stereocenters. The molecule has 0 saturated carbocycles. The van der Waals surface area contributed by atoms with Gasteiger partial charge < -0.3 is 14.8 Å². The van der Waals surface area contributed by atoms with Crippen LogP contribution in [-0.2, 0) is 19.6 Å². The van der Waals surface area contributed by atoms with E-state index >= 15 is 0 Å². The Hall–Kier alpha value is -1.38. The van der Waals surface area contributed by atoms with Crippen LogP contribution >= 0.6 is 0 Å². The molecule has 7 nitrogen and oxygen atoms in total. The monoisotopic (exact) mass is 248 g/mol. The number of hydrogen-bond acceptors (Lipinski definition) is 5. The molecule has 8 heteroatoms. The summed E-state index contributed by atoms with van der Waals surface area (Å²) in [6, 6.07) is 1.35. The predicted octanol–water partition coefficient (Wildman–Crippen LogP) is -1.17. The predicted molar refractivity (Wildman–Crippen MR) is 54.0 cm³/mol. The lowest BCUT2D eigenvalue weighted by atomic mass is 10.4. The van der Waals surface area contributed by atoms with Crippen LogP contribution in [0.25, 0.3) is 0 Å². The van der Waals surface area contributed by atoms with E-state index in [0.29, 0.717) is 0 Å². The Morgan fingerprint density at radius 3 is 2.88 bits per heavy atom. The third-order valence-electron chi connectivity index (χ3n) is 1.82. The second-order valence-corrected chi connectivity index (χ2v) is 4.70. The van der Waals surface area contributed by atoms with E-state index in [9.17, 15) is 13.2 Å². The molecule has 0 amide bonds. The molecular formula is C8H12N2O5S. The van der Waals surface area contributed by atoms with Gasteiger partial charge in [0.1, 0.15) is 0 Å². The zero-order valence-electron chi connectivity index (χ0n) is 8.50. The number of nitrogens with one attached hydrogen (secondary N) is 2. The molecule has 0 spiro atoms. The minimum atomic E-state index is -3.70. The first-order valence-corrected chi connectivity index (χ1v) is 5.84. The maximum Gasteiger partial charge on any atom is 0.336 e. The van der Waals surface area contributed by atoms with Crippen LogP contribution < -0.4 is 4.72 Å². The molecule has 0 radical (unpaired) electrons. The number of aromatic amines is 1. The number of aliphatic hydroxyl groups excluding tert-OH is 1. The zero-order chi connectivity index (χ0) is 12.2. The van der Waals surface area contributed by atoms with Gasteiger partial charge in [0.2, 0.25) is 10.0 Å². The number of carbonyl (C=O) groups excluding carboxylic acids is 1. The summed E-state index contributed by atoms with van der Waals surface area (Å²) in [4.78, 5) is 13.4. The number of sulfonamides is 1. The van der Waals surface area contributed by atoms with E-state index in [-0.39, 0.29) is 4.90 Å². The Labute approximate surface area is 92.5 Å². The van der Waals surface area contributed by atoms with E-state index in [1.807, 2.05) is 0 Å². The van der Waals surface area contributed by atoms with Crippen molar-refractivity contribution in [3.63, 3.8) is 0 Å². The van der Waals surface area contributed by atoms with Crippen molar-refractivity contribution in [1.82, 2.24) is 9.71 Å². The summed E-state index contributed by atoms with van der Waals surface area (Å²) in [5.41, 5.74) is 0. The second-order valence-electron chi connectivity index (χ2n) is 2.94. The summed E-state index contributed by atoms with van der Waals surface area (Å²) < 4.78 is 29.3. The van der Waals surface area contributed by atoms with Crippen molar-refractivity contribution in [2.75, 3.05) is 13.7 Å². The topological polar surface area (TPSA) is 108 Å². The van der Waals surface area contributed by atoms with Crippen LogP contribution in [0.4, 0.5) is 0 Å². The first kappa shape index (κ1) is 12.7. The summed E-state index contributed by atoms with van der Waals surface area (Å²) in [6.07, 6.45) is 1.22. The highest BCUT2D eigenvalue weighted by molar-refractivity contribution is 7.89. The number of aromatic nitrogens is 1. The standard InChI is InChI=1S/C8H12N2O5S/c1-15-8(12)7(11)5-10-16(13,14)6-2-3-9-4-6/h2-4,7,9-11H,5H2,1H3. The number of ether oxygens (including phenoxy) is 1. The van der Waals surface area contributed by atoms with Crippen LogP contribution in [0.3, 0.4) is 0 Å². The van der Waals surface area contributed by atoms with E-state index in [4.69, 9.17) is 5.11 Å². The Morgan fingerprint density at radius 1 is 1.69 bits per heavy atom. The van der Waals surface area contributed by atoms with Crippen molar-refractivity contribution >= 4 is 16.0 Å². The molecule has 1 atom stereocenters. The summed E-state index contributed by atoms with van der Waals surface area (Å²) in [5, 5.41) is 9.17. The molecule has 1 heterocycles. The highest BCUT2D eigenvalue weighted by atomic mass is 32.2. The van der Waals surface area contributed by atoms with E-state index in [1.54, 1.807) is 0 Å². The van der Waals surface area contributed by atoms with Gasteiger partial charge in [-0.25, -0.2) is 17.9 Å². The molecule has 1 aromatic rings. The van der Waals surface area contributed by atoms with Gasteiger partial charge in [0, 0.05) is 18.9 Å². The molecular weight excluding hydrogens is 236 g/mol. The summed E-state index contributed by atoms with van der Waals surface area (Å²) in [6.45, 7) is -0.430. The minimum Gasteiger partial charge on any atom is -0.467 e. The average Bonchev–Trinajstić information content (AvgIpc) is 2.78. The summed E-state index contributed by atoms with van der Waals surface area (Å²) >= 11 is 0. The van der Waals surface area contributed by atoms with Gasteiger partial charge in [-0.05, 0) is 6.07 Å². The Morgan fingerprint density at radius 2 is 2.38 bits per heavy atom. The van der Waals surface area contributed by atoms with Crippen LogP contribution in [0, 0.1) is 0 Å². The van der Waals surface area contributed by atoms with E-state index < -0.39 is 28.6 Å². The minimum absolute atomic E-state index is 0.0320. The van der Waals surface area contributed by atoms with E-state index in [1.165, 1.54) is 18.5 Å². The van der Waals surface area contributed by atoms with Crippen molar-refractivity contribution in [2.24, 2.45) is 0 Å². The van der Waals surface area contributed by atoms with Gasteiger partial charge in [0.25, 0.3) is 0 Å². The van der Waals surface area contributed by atoms with Crippen LogP contribution in [0.2, 0.25) is 0 Å². The van der Waals surface area contributed by atoms with Crippen LogP contribution in [0.15, 0.2) is 23.4 Å². The molecule has 90 valence electrons. The third kappa shape index (κ3) is 3.05. The molecule has 3 N–H and O–H groups in total. The van der Waals surface area contributed by atoms with Crippen molar-refractivity contribution < 1.29 is 23.1 Å². The molecule has 0 saturated heterocycles. The number of H-pyrrole nitrogens is 1. The van der Waals surface area contributed by atoms with Gasteiger partial charge >= 0.3 is 5.97 Å². The number of esters is 1. The van der Waals surface area contributed by atoms with Crippen molar-refractivity contribution in [3.05, 3.63) is 18.5 Å². The molecule has 0 aliphatic rings. The van der Waals surface area contributed by atoms with Gasteiger partial charge in [0.05, 0.1) is 12.0 Å². The first-order valence-electron chi connectivity index (χ1n) is 4.35. The number of methoxy groups -OCH3 is 1. The number of aliphatic hydroxyl groups is 1. The fourth-order valence-corrected chi connectivity index (χ4v) is 1.98. The van der Waals surface area contributed by atoms with Gasteiger partial charge in [0.15, 0.2) is 6.10 Å². The molecule has 0 aromatic carbocycles. The second kappa shape index (κ2) is 5.10. The lowest BCUT2D eigenvalue weighted by Gasteiger charge is -2.09. The van der Waals surface area contributed by atoms with Crippen molar-refractivity contribution in [3.8, 4) is 0 Å². The molecule has 0 aliphatic carbocycles. The highest BCUT2D eigenvalue weighted by Crippen LogP contribution is 2.05. The van der Waals surface area contributed by atoms with Crippen LogP contribution in [0.1, 0.15) is 0 Å². The summed E-state index contributed by atoms with van der Waals surface area (Å²) in [5.74, 6) is -0.892. The van der Waals surface area contributed by atoms with Gasteiger partial charge in [-0.15, -0.1) is 0 Å². The average molecular weight is 248 g/mol. The quantitative estimate of drug-likeness (QED) is 0.569. The molecule has 1 rings (SSSR count). The largest absolute Gasteiger partial charge is 0.467 e. The van der Waals surface area contributed by atoms with Gasteiger partial charge in [-0.1, -0.05) is 0 Å². The molecule has 16 heavy (non-hydrogen) atoms. The first-order chi connectivity index (χ1) is 7.47. The van der Waals surface area contributed by atoms with Crippen molar-refractivity contribution in [2.45, 2.75) is 11.0 Å². The molecule has 1 aromatic heterocycles. The number of rotatable bonds is 5. The maximum atomic E-state index is 11.5. The number of carbonyl (C=O) groups is 1. The molecule has 0 bridgehead atoms. The Kier molecular flexibility index (Phi) is 4.05. The molecule has 0 aliphatic heterocycles. The fraction of sp³-hybridized carbons (Fsp3) is 0.375. The highest BCUT2D eigenvalue weighted by Gasteiger charge is 2.20. The maximum absolute atomic E-state index is 11.5. The normalized spacial score (nSPS) is 13.4. The zero-order valence-corrected chi connectivity index (χ0v) is 9.32. The van der Waals surface area contributed by atoms with Gasteiger partial charge in [-0.2, -0.15) is 0 Å². The number of hydrogen-bond donors (Lipinski definition) is 3. The van der Waals surface area contributed by atoms with E-state index in [0.717, 1.165) is 7.11 Å². The lowest BCUT2D eigenvalue weighted by Crippen LogP contribution is -2.37. The van der Waals surface area contributed by atoms with Crippen LogP contribution in [0.5, 0.6) is 0 Å². The SMILES string of the molecule is COC(=O)C(O)CNS(=O)(=O)c1cc[nH]c1. The summed E-state index contributed by atoms with van der Waals surface area (Å²) in [7, 11) is -2.60. The molecule has 0 fully saturated rings. The Balaban J connectivity index is 2.59. The van der Waals surface area contributed by atoms with Crippen LogP contribution in [-0.4, -0.2) is 44.2 Å². The van der Waals surface area contributed by atoms with E-state index in [2.05, 4.69) is 14.4 Å². The third-order valence-corrected chi connectivity index (χ3v) is 3.24. The van der Waals surface area contributed by atoms with Gasteiger partial charge in [-0.3, -0.25) is 0 Å². The van der Waals surface area contributed by atoms with Crippen molar-refractivity contribution in [1.29, 1.82) is 0 Å². The Bertz CT molecular complexity index is 439. The fourth-order valence-electron chi connectivity index (χ4n) is 0.967. The lowest BCUT2D eigenvalue weighted by molar-refractivity contribution is -0.149.